The van der Waals surface area contributed by atoms with Gasteiger partial charge in [-0.15, -0.1) is 0 Å². The largest absolute Gasteiger partial charge is 0.486 e. The molecule has 2 N–H and O–H groups in total. The molecule has 6 heteroatoms. The van der Waals surface area contributed by atoms with Crippen LogP contribution in [0.3, 0.4) is 0 Å². The lowest BCUT2D eigenvalue weighted by Gasteiger charge is -2.06. The molecule has 0 spiro atoms. The van der Waals surface area contributed by atoms with Crippen LogP contribution in [0, 0.1) is 6.92 Å². The standard InChI is InChI=1S/C17H18N4O2/c1-12-9-15(23-21-12)11-22-14-4-2-3-13(10-14)5-6-17-19-8-7-16(18)20-17/h2-4,7-10H,5-6,11H2,1H3,(H2,18,19,20). The van der Waals surface area contributed by atoms with E-state index >= 15 is 0 Å². The first-order valence-corrected chi connectivity index (χ1v) is 7.40. The molecule has 0 atom stereocenters. The second kappa shape index (κ2) is 6.91. The van der Waals surface area contributed by atoms with Crippen LogP contribution in [0.25, 0.3) is 0 Å². The van der Waals surface area contributed by atoms with Crippen LogP contribution in [0.5, 0.6) is 5.75 Å². The van der Waals surface area contributed by atoms with Gasteiger partial charge in [0.05, 0.1) is 5.69 Å². The predicted molar refractivity (Wildman–Crippen MR) is 85.9 cm³/mol. The van der Waals surface area contributed by atoms with Gasteiger partial charge < -0.3 is 15.0 Å². The van der Waals surface area contributed by atoms with Crippen molar-refractivity contribution in [2.24, 2.45) is 0 Å². The average Bonchev–Trinajstić information content (AvgIpc) is 2.97. The SMILES string of the molecule is Cc1cc(COc2cccc(CCc3nccc(N)n3)c2)on1. The van der Waals surface area contributed by atoms with Gasteiger partial charge >= 0.3 is 0 Å². The summed E-state index contributed by atoms with van der Waals surface area (Å²) in [5.41, 5.74) is 7.66. The number of aromatic nitrogens is 3. The molecule has 2 aromatic heterocycles. The minimum Gasteiger partial charge on any atom is -0.486 e. The highest BCUT2D eigenvalue weighted by Gasteiger charge is 2.04. The van der Waals surface area contributed by atoms with E-state index in [9.17, 15) is 0 Å². The van der Waals surface area contributed by atoms with E-state index in [0.29, 0.717) is 18.2 Å². The first kappa shape index (κ1) is 15.0. The molecule has 0 aliphatic rings. The number of nitrogens with zero attached hydrogens (tertiary/aromatic N) is 3. The molecule has 0 bridgehead atoms. The molecule has 2 heterocycles. The van der Waals surface area contributed by atoms with Gasteiger partial charge in [-0.3, -0.25) is 0 Å². The molecule has 0 fully saturated rings. The van der Waals surface area contributed by atoms with Crippen LogP contribution >= 0.6 is 0 Å². The molecule has 0 unspecified atom stereocenters. The maximum atomic E-state index is 5.73. The Kier molecular flexibility index (Phi) is 4.52. The van der Waals surface area contributed by atoms with E-state index < -0.39 is 0 Å². The topological polar surface area (TPSA) is 87.1 Å². The molecule has 6 nitrogen and oxygen atoms in total. The highest BCUT2D eigenvalue weighted by Crippen LogP contribution is 2.17. The lowest BCUT2D eigenvalue weighted by atomic mass is 10.1. The van der Waals surface area contributed by atoms with E-state index in [2.05, 4.69) is 21.2 Å². The van der Waals surface area contributed by atoms with Crippen LogP contribution in [-0.2, 0) is 19.4 Å². The molecule has 0 aliphatic carbocycles. The number of ether oxygens (including phenoxy) is 1. The van der Waals surface area contributed by atoms with Crippen molar-refractivity contribution in [3.05, 3.63) is 65.4 Å². The van der Waals surface area contributed by atoms with E-state index in [-0.39, 0.29) is 0 Å². The number of hydrogen-bond acceptors (Lipinski definition) is 6. The maximum Gasteiger partial charge on any atom is 0.174 e. The van der Waals surface area contributed by atoms with Gasteiger partial charge in [-0.1, -0.05) is 17.3 Å². The summed E-state index contributed by atoms with van der Waals surface area (Å²) in [5.74, 6) is 2.74. The Balaban J connectivity index is 1.58. The molecule has 0 saturated carbocycles. The van der Waals surface area contributed by atoms with Crippen LogP contribution in [0.4, 0.5) is 5.82 Å². The summed E-state index contributed by atoms with van der Waals surface area (Å²) in [6, 6.07) is 11.5. The highest BCUT2D eigenvalue weighted by atomic mass is 16.5. The van der Waals surface area contributed by atoms with Crippen LogP contribution in [-0.4, -0.2) is 15.1 Å². The molecule has 0 amide bonds. The van der Waals surface area contributed by atoms with Crippen LogP contribution in [0.2, 0.25) is 0 Å². The molecule has 23 heavy (non-hydrogen) atoms. The van der Waals surface area contributed by atoms with Gasteiger partial charge in [-0.25, -0.2) is 9.97 Å². The van der Waals surface area contributed by atoms with Crippen molar-refractivity contribution in [1.82, 2.24) is 15.1 Å². The summed E-state index contributed by atoms with van der Waals surface area (Å²) in [5, 5.41) is 3.84. The predicted octanol–water partition coefficient (Wildman–Crippen LogP) is 2.72. The first-order chi connectivity index (χ1) is 11.2. The van der Waals surface area contributed by atoms with E-state index in [0.717, 1.165) is 35.7 Å². The van der Waals surface area contributed by atoms with Crippen LogP contribution in [0.1, 0.15) is 22.8 Å². The van der Waals surface area contributed by atoms with Gasteiger partial charge in [0, 0.05) is 18.7 Å². The third kappa shape index (κ3) is 4.29. The van der Waals surface area contributed by atoms with Crippen molar-refractivity contribution < 1.29 is 9.26 Å². The first-order valence-electron chi connectivity index (χ1n) is 7.40. The third-order valence-electron chi connectivity index (χ3n) is 3.32. The fourth-order valence-electron chi connectivity index (χ4n) is 2.22. The lowest BCUT2D eigenvalue weighted by molar-refractivity contribution is 0.248. The van der Waals surface area contributed by atoms with Gasteiger partial charge in [0.1, 0.15) is 24.0 Å². The number of anilines is 1. The minimum atomic E-state index is 0.364. The molecular weight excluding hydrogens is 292 g/mol. The number of aryl methyl sites for hydroxylation is 3. The smallest absolute Gasteiger partial charge is 0.174 e. The van der Waals surface area contributed by atoms with Crippen molar-refractivity contribution in [3.8, 4) is 5.75 Å². The number of benzene rings is 1. The normalized spacial score (nSPS) is 10.7. The van der Waals surface area contributed by atoms with Crippen molar-refractivity contribution in [2.45, 2.75) is 26.4 Å². The van der Waals surface area contributed by atoms with Crippen molar-refractivity contribution in [3.63, 3.8) is 0 Å². The average molecular weight is 310 g/mol. The van der Waals surface area contributed by atoms with E-state index in [1.54, 1.807) is 12.3 Å². The Bertz CT molecular complexity index is 786. The summed E-state index contributed by atoms with van der Waals surface area (Å²) in [7, 11) is 0. The van der Waals surface area contributed by atoms with Gasteiger partial charge in [-0.05, 0) is 37.1 Å². The van der Waals surface area contributed by atoms with Gasteiger partial charge in [0.25, 0.3) is 0 Å². The highest BCUT2D eigenvalue weighted by molar-refractivity contribution is 5.29. The molecule has 3 aromatic rings. The number of rotatable bonds is 6. The van der Waals surface area contributed by atoms with Crippen LogP contribution < -0.4 is 10.5 Å². The molecular formula is C17H18N4O2. The zero-order chi connectivity index (χ0) is 16.1. The molecule has 0 saturated heterocycles. The Morgan fingerprint density at radius 1 is 1.17 bits per heavy atom. The van der Waals surface area contributed by atoms with Gasteiger partial charge in [-0.2, -0.15) is 0 Å². The summed E-state index contributed by atoms with van der Waals surface area (Å²) in [4.78, 5) is 8.42. The number of hydrogen-bond donors (Lipinski definition) is 1. The molecule has 0 aliphatic heterocycles. The molecule has 0 radical (unpaired) electrons. The van der Waals surface area contributed by atoms with E-state index in [1.165, 1.54) is 0 Å². The van der Waals surface area contributed by atoms with Crippen molar-refractivity contribution in [1.29, 1.82) is 0 Å². The van der Waals surface area contributed by atoms with Gasteiger partial charge in [0.2, 0.25) is 0 Å². The summed E-state index contributed by atoms with van der Waals surface area (Å²) in [6.07, 6.45) is 3.23. The zero-order valence-electron chi connectivity index (χ0n) is 12.9. The summed E-state index contributed by atoms with van der Waals surface area (Å²) >= 11 is 0. The summed E-state index contributed by atoms with van der Waals surface area (Å²) in [6.45, 7) is 2.24. The Morgan fingerprint density at radius 3 is 2.87 bits per heavy atom. The molecule has 118 valence electrons. The van der Waals surface area contributed by atoms with E-state index in [4.69, 9.17) is 15.0 Å². The third-order valence-corrected chi connectivity index (χ3v) is 3.32. The fraction of sp³-hybridized carbons (Fsp3) is 0.235. The number of nitrogen functional groups attached to an aromatic ring is 1. The monoisotopic (exact) mass is 310 g/mol. The van der Waals surface area contributed by atoms with Crippen LogP contribution in [0.15, 0.2) is 47.1 Å². The zero-order valence-corrected chi connectivity index (χ0v) is 12.9. The quantitative estimate of drug-likeness (QED) is 0.753. The second-order valence-electron chi connectivity index (χ2n) is 5.27. The molecule has 1 aromatic carbocycles. The molecule has 3 rings (SSSR count). The Morgan fingerprint density at radius 2 is 2.09 bits per heavy atom. The second-order valence-corrected chi connectivity index (χ2v) is 5.27. The maximum absolute atomic E-state index is 5.73. The fourth-order valence-corrected chi connectivity index (χ4v) is 2.22. The van der Waals surface area contributed by atoms with E-state index in [1.807, 2.05) is 31.2 Å². The lowest BCUT2D eigenvalue weighted by Crippen LogP contribution is -2.01. The van der Waals surface area contributed by atoms with Crippen molar-refractivity contribution >= 4 is 5.82 Å². The van der Waals surface area contributed by atoms with Crippen molar-refractivity contribution in [2.75, 3.05) is 5.73 Å². The number of nitrogens with two attached hydrogens (primary N) is 1. The van der Waals surface area contributed by atoms with Gasteiger partial charge in [0.15, 0.2) is 5.76 Å². The minimum absolute atomic E-state index is 0.364. The Hall–Kier alpha value is -2.89. The Labute approximate surface area is 134 Å². The summed E-state index contributed by atoms with van der Waals surface area (Å²) < 4.78 is 10.9.